The molecule has 2 saturated carbocycles. The van der Waals surface area contributed by atoms with Crippen LogP contribution in [0.5, 0.6) is 0 Å². The van der Waals surface area contributed by atoms with Crippen LogP contribution in [0, 0.1) is 17.8 Å². The molecule has 0 radical (unpaired) electrons. The molecular formula is C19H33N3O2. The molecular weight excluding hydrogens is 302 g/mol. The lowest BCUT2D eigenvalue weighted by Gasteiger charge is -2.32. The SMILES string of the molecule is CC(=O)N1CCCN(C(C)C(=O)NC(C)C2CC3CCC2C3)CC1. The van der Waals surface area contributed by atoms with Gasteiger partial charge in [0.15, 0.2) is 0 Å². The van der Waals surface area contributed by atoms with Gasteiger partial charge in [0, 0.05) is 39.1 Å². The molecule has 5 atom stereocenters. The highest BCUT2D eigenvalue weighted by Crippen LogP contribution is 2.49. The topological polar surface area (TPSA) is 52.7 Å². The van der Waals surface area contributed by atoms with Crippen LogP contribution in [-0.4, -0.2) is 59.9 Å². The second-order valence-electron chi connectivity index (χ2n) is 8.21. The van der Waals surface area contributed by atoms with E-state index in [1.807, 2.05) is 11.8 Å². The first kappa shape index (κ1) is 17.7. The third-order valence-electron chi connectivity index (χ3n) is 6.71. The third-order valence-corrected chi connectivity index (χ3v) is 6.71. The number of hydrogen-bond donors (Lipinski definition) is 1. The quantitative estimate of drug-likeness (QED) is 0.853. The Kier molecular flexibility index (Phi) is 5.48. The van der Waals surface area contributed by atoms with Crippen molar-refractivity contribution in [3.05, 3.63) is 0 Å². The molecule has 2 bridgehead atoms. The monoisotopic (exact) mass is 335 g/mol. The largest absolute Gasteiger partial charge is 0.352 e. The van der Waals surface area contributed by atoms with Crippen LogP contribution >= 0.6 is 0 Å². The molecule has 5 nitrogen and oxygen atoms in total. The fourth-order valence-electron chi connectivity index (χ4n) is 5.16. The minimum absolute atomic E-state index is 0.113. The molecule has 1 heterocycles. The number of fused-ring (bicyclic) bond motifs is 2. The van der Waals surface area contributed by atoms with Crippen LogP contribution in [0.4, 0.5) is 0 Å². The fraction of sp³-hybridized carbons (Fsp3) is 0.895. The van der Waals surface area contributed by atoms with E-state index in [-0.39, 0.29) is 23.9 Å². The summed E-state index contributed by atoms with van der Waals surface area (Å²) >= 11 is 0. The van der Waals surface area contributed by atoms with Gasteiger partial charge in [-0.1, -0.05) is 6.42 Å². The molecule has 3 rings (SSSR count). The molecule has 2 amide bonds. The van der Waals surface area contributed by atoms with Gasteiger partial charge in [-0.05, 0) is 57.3 Å². The zero-order valence-electron chi connectivity index (χ0n) is 15.5. The van der Waals surface area contributed by atoms with Crippen LogP contribution in [0.2, 0.25) is 0 Å². The van der Waals surface area contributed by atoms with E-state index in [4.69, 9.17) is 0 Å². The Morgan fingerprint density at radius 1 is 1.04 bits per heavy atom. The van der Waals surface area contributed by atoms with Gasteiger partial charge >= 0.3 is 0 Å². The smallest absolute Gasteiger partial charge is 0.237 e. The van der Waals surface area contributed by atoms with E-state index < -0.39 is 0 Å². The second kappa shape index (κ2) is 7.42. The highest BCUT2D eigenvalue weighted by molar-refractivity contribution is 5.81. The Morgan fingerprint density at radius 2 is 1.83 bits per heavy atom. The number of carbonyl (C=O) groups is 2. The first-order valence-corrected chi connectivity index (χ1v) is 9.75. The van der Waals surface area contributed by atoms with Gasteiger partial charge in [-0.3, -0.25) is 14.5 Å². The van der Waals surface area contributed by atoms with E-state index in [1.165, 1.54) is 25.7 Å². The Balaban J connectivity index is 1.50. The molecule has 0 aromatic rings. The Bertz CT molecular complexity index is 481. The molecule has 0 aromatic heterocycles. The minimum Gasteiger partial charge on any atom is -0.352 e. The zero-order valence-corrected chi connectivity index (χ0v) is 15.5. The van der Waals surface area contributed by atoms with E-state index in [0.717, 1.165) is 44.4 Å². The maximum Gasteiger partial charge on any atom is 0.237 e. The van der Waals surface area contributed by atoms with E-state index >= 15 is 0 Å². The molecule has 3 fully saturated rings. The van der Waals surface area contributed by atoms with Crippen LogP contribution in [0.3, 0.4) is 0 Å². The van der Waals surface area contributed by atoms with Crippen molar-refractivity contribution in [1.29, 1.82) is 0 Å². The van der Waals surface area contributed by atoms with Gasteiger partial charge in [-0.25, -0.2) is 0 Å². The number of amides is 2. The zero-order chi connectivity index (χ0) is 17.3. The molecule has 1 aliphatic heterocycles. The Hall–Kier alpha value is -1.10. The lowest BCUT2D eigenvalue weighted by Crippen LogP contribution is -2.50. The summed E-state index contributed by atoms with van der Waals surface area (Å²) in [6.07, 6.45) is 6.39. The normalized spacial score (nSPS) is 33.1. The maximum atomic E-state index is 12.7. The summed E-state index contributed by atoms with van der Waals surface area (Å²) < 4.78 is 0. The van der Waals surface area contributed by atoms with Gasteiger partial charge in [-0.15, -0.1) is 0 Å². The van der Waals surface area contributed by atoms with Crippen molar-refractivity contribution in [3.63, 3.8) is 0 Å². The molecule has 0 spiro atoms. The summed E-state index contributed by atoms with van der Waals surface area (Å²) in [6.45, 7) is 9.04. The molecule has 3 aliphatic rings. The molecule has 136 valence electrons. The number of nitrogens with zero attached hydrogens (tertiary/aromatic N) is 2. The van der Waals surface area contributed by atoms with Crippen molar-refractivity contribution >= 4 is 11.8 Å². The molecule has 1 saturated heterocycles. The number of rotatable bonds is 4. The average Bonchev–Trinajstić information content (AvgIpc) is 3.09. The van der Waals surface area contributed by atoms with Gasteiger partial charge in [0.2, 0.25) is 11.8 Å². The van der Waals surface area contributed by atoms with Crippen LogP contribution in [0.15, 0.2) is 0 Å². The van der Waals surface area contributed by atoms with Gasteiger partial charge in [-0.2, -0.15) is 0 Å². The summed E-state index contributed by atoms with van der Waals surface area (Å²) in [7, 11) is 0. The van der Waals surface area contributed by atoms with Crippen LogP contribution in [0.1, 0.15) is 52.9 Å². The van der Waals surface area contributed by atoms with Crippen molar-refractivity contribution in [1.82, 2.24) is 15.1 Å². The molecule has 5 heteroatoms. The predicted octanol–water partition coefficient (Wildman–Crippen LogP) is 1.87. The summed E-state index contributed by atoms with van der Waals surface area (Å²) in [6, 6.07) is 0.175. The number of nitrogens with one attached hydrogen (secondary N) is 1. The summed E-state index contributed by atoms with van der Waals surface area (Å²) in [5.41, 5.74) is 0. The highest BCUT2D eigenvalue weighted by Gasteiger charge is 2.42. The first-order valence-electron chi connectivity index (χ1n) is 9.75. The lowest BCUT2D eigenvalue weighted by molar-refractivity contribution is -0.128. The molecule has 5 unspecified atom stereocenters. The van der Waals surface area contributed by atoms with Gasteiger partial charge in [0.25, 0.3) is 0 Å². The second-order valence-corrected chi connectivity index (χ2v) is 8.21. The average molecular weight is 335 g/mol. The Labute approximate surface area is 146 Å². The van der Waals surface area contributed by atoms with Gasteiger partial charge in [0.05, 0.1) is 6.04 Å². The van der Waals surface area contributed by atoms with Crippen molar-refractivity contribution < 1.29 is 9.59 Å². The van der Waals surface area contributed by atoms with Crippen molar-refractivity contribution in [3.8, 4) is 0 Å². The Morgan fingerprint density at radius 3 is 2.46 bits per heavy atom. The van der Waals surface area contributed by atoms with Gasteiger partial charge < -0.3 is 10.2 Å². The molecule has 0 aromatic carbocycles. The molecule has 1 N–H and O–H groups in total. The third kappa shape index (κ3) is 3.76. The number of hydrogen-bond acceptors (Lipinski definition) is 3. The summed E-state index contributed by atoms with van der Waals surface area (Å²) in [4.78, 5) is 28.4. The van der Waals surface area contributed by atoms with Crippen molar-refractivity contribution in [2.24, 2.45) is 17.8 Å². The highest BCUT2D eigenvalue weighted by atomic mass is 16.2. The lowest BCUT2D eigenvalue weighted by atomic mass is 9.84. The van der Waals surface area contributed by atoms with E-state index in [9.17, 15) is 9.59 Å². The van der Waals surface area contributed by atoms with Gasteiger partial charge in [0.1, 0.15) is 0 Å². The molecule has 24 heavy (non-hydrogen) atoms. The van der Waals surface area contributed by atoms with E-state index in [0.29, 0.717) is 5.92 Å². The minimum atomic E-state index is -0.113. The van der Waals surface area contributed by atoms with Crippen LogP contribution < -0.4 is 5.32 Å². The fourth-order valence-corrected chi connectivity index (χ4v) is 5.16. The van der Waals surface area contributed by atoms with Crippen molar-refractivity contribution in [2.75, 3.05) is 26.2 Å². The van der Waals surface area contributed by atoms with Crippen LogP contribution in [-0.2, 0) is 9.59 Å². The van der Waals surface area contributed by atoms with Crippen molar-refractivity contribution in [2.45, 2.75) is 65.0 Å². The van der Waals surface area contributed by atoms with E-state index in [2.05, 4.69) is 17.1 Å². The standard InChI is InChI=1S/C19H33N3O2/c1-13(18-12-16-5-6-17(18)11-16)20-19(24)14(2)21-7-4-8-22(10-9-21)15(3)23/h13-14,16-18H,4-12H2,1-3H3,(H,20,24). The first-order chi connectivity index (χ1) is 11.5. The molecule has 2 aliphatic carbocycles. The van der Waals surface area contributed by atoms with E-state index in [1.54, 1.807) is 6.92 Å². The summed E-state index contributed by atoms with van der Waals surface area (Å²) in [5.74, 6) is 2.72. The predicted molar refractivity (Wildman–Crippen MR) is 94.4 cm³/mol. The number of carbonyl (C=O) groups excluding carboxylic acids is 2. The maximum absolute atomic E-state index is 12.7. The summed E-state index contributed by atoms with van der Waals surface area (Å²) in [5, 5.41) is 3.30. The van der Waals surface area contributed by atoms with Crippen LogP contribution in [0.25, 0.3) is 0 Å².